The number of nitrogens with one attached hydrogen (secondary N) is 1. The molecule has 0 aliphatic heterocycles. The zero-order valence-electron chi connectivity index (χ0n) is 11.8. The van der Waals surface area contributed by atoms with Crippen LogP contribution in [0.1, 0.15) is 34.1 Å². The molecule has 1 N–H and O–H groups in total. The van der Waals surface area contributed by atoms with E-state index in [1.165, 1.54) is 0 Å². The topological polar surface area (TPSA) is 39.7 Å². The summed E-state index contributed by atoms with van der Waals surface area (Å²) in [6, 6.07) is 0. The van der Waals surface area contributed by atoms with E-state index in [0.29, 0.717) is 12.7 Å². The van der Waals surface area contributed by atoms with Crippen LogP contribution in [-0.2, 0) is 14.2 Å². The van der Waals surface area contributed by atoms with Crippen LogP contribution >= 0.6 is 0 Å². The van der Waals surface area contributed by atoms with Crippen LogP contribution in [-0.4, -0.2) is 51.7 Å². The van der Waals surface area contributed by atoms with Gasteiger partial charge in [-0.1, -0.05) is 0 Å². The van der Waals surface area contributed by atoms with E-state index in [4.69, 9.17) is 14.2 Å². The summed E-state index contributed by atoms with van der Waals surface area (Å²) in [6.07, 6.45) is 1.56. The molecule has 1 unspecified atom stereocenters. The molecule has 0 fully saturated rings. The molecular weight excluding hydrogens is 218 g/mol. The zero-order valence-corrected chi connectivity index (χ0v) is 11.8. The highest BCUT2D eigenvalue weighted by Crippen LogP contribution is 1.91. The van der Waals surface area contributed by atoms with Crippen molar-refractivity contribution >= 4 is 0 Å². The van der Waals surface area contributed by atoms with Crippen molar-refractivity contribution in [2.24, 2.45) is 0 Å². The molecule has 4 heteroatoms. The van der Waals surface area contributed by atoms with Gasteiger partial charge >= 0.3 is 0 Å². The van der Waals surface area contributed by atoms with Crippen molar-refractivity contribution in [3.63, 3.8) is 0 Å². The molecule has 0 aromatic carbocycles. The van der Waals surface area contributed by atoms with Gasteiger partial charge in [0.2, 0.25) is 0 Å². The average Bonchev–Trinajstić information content (AvgIpc) is 2.29. The lowest BCUT2D eigenvalue weighted by molar-refractivity contribution is -0.00203. The molecule has 0 aromatic rings. The van der Waals surface area contributed by atoms with Gasteiger partial charge < -0.3 is 19.5 Å². The van der Waals surface area contributed by atoms with Gasteiger partial charge in [-0.2, -0.15) is 0 Å². The Kier molecular flexibility index (Phi) is 12.2. The second-order valence-electron chi connectivity index (χ2n) is 4.36. The Morgan fingerprint density at radius 1 is 1.00 bits per heavy atom. The molecule has 0 aliphatic rings. The van der Waals surface area contributed by atoms with E-state index in [2.05, 4.69) is 19.2 Å². The second kappa shape index (κ2) is 12.3. The molecule has 0 bridgehead atoms. The Hall–Kier alpha value is -0.160. The number of hydrogen-bond donors (Lipinski definition) is 1. The summed E-state index contributed by atoms with van der Waals surface area (Å²) >= 11 is 0. The summed E-state index contributed by atoms with van der Waals surface area (Å²) in [4.78, 5) is 0. The van der Waals surface area contributed by atoms with Crippen LogP contribution in [0, 0.1) is 0 Å². The summed E-state index contributed by atoms with van der Waals surface area (Å²) in [6.45, 7) is 13.0. The molecular formula is C13H29NO3. The van der Waals surface area contributed by atoms with Crippen molar-refractivity contribution in [2.45, 2.75) is 46.3 Å². The van der Waals surface area contributed by atoms with Crippen molar-refractivity contribution in [3.05, 3.63) is 0 Å². The maximum atomic E-state index is 5.57. The molecule has 0 aliphatic carbocycles. The molecule has 0 saturated heterocycles. The van der Waals surface area contributed by atoms with Gasteiger partial charge in [0, 0.05) is 19.8 Å². The third kappa shape index (κ3) is 13.8. The monoisotopic (exact) mass is 247 g/mol. The molecule has 4 nitrogen and oxygen atoms in total. The van der Waals surface area contributed by atoms with Crippen LogP contribution in [0.4, 0.5) is 0 Å². The summed E-state index contributed by atoms with van der Waals surface area (Å²) < 4.78 is 16.3. The summed E-state index contributed by atoms with van der Waals surface area (Å²) in [5.74, 6) is 0. The second-order valence-corrected chi connectivity index (χ2v) is 4.36. The molecule has 0 aromatic heterocycles. The van der Waals surface area contributed by atoms with E-state index >= 15 is 0 Å². The highest BCUT2D eigenvalue weighted by Gasteiger charge is 2.00. The molecule has 0 amide bonds. The van der Waals surface area contributed by atoms with E-state index in [1.54, 1.807) is 0 Å². The fraction of sp³-hybridized carbons (Fsp3) is 1.00. The first-order valence-electron chi connectivity index (χ1n) is 6.68. The number of hydrogen-bond acceptors (Lipinski definition) is 4. The van der Waals surface area contributed by atoms with Crippen LogP contribution < -0.4 is 5.32 Å². The molecule has 17 heavy (non-hydrogen) atoms. The molecule has 0 spiro atoms. The Morgan fingerprint density at radius 3 is 2.41 bits per heavy atom. The van der Waals surface area contributed by atoms with Gasteiger partial charge in [0.15, 0.2) is 0 Å². The molecule has 0 heterocycles. The normalized spacial score (nSPS) is 13.2. The minimum absolute atomic E-state index is 0.182. The summed E-state index contributed by atoms with van der Waals surface area (Å²) in [5, 5.41) is 3.32. The van der Waals surface area contributed by atoms with Crippen LogP contribution in [0.5, 0.6) is 0 Å². The van der Waals surface area contributed by atoms with Gasteiger partial charge in [0.05, 0.1) is 25.4 Å². The van der Waals surface area contributed by atoms with Crippen molar-refractivity contribution in [2.75, 3.05) is 39.5 Å². The standard InChI is InChI=1S/C13H29NO3/c1-5-15-11-13(4)17-10-8-14-7-6-9-16-12(2)3/h12-14H,5-11H2,1-4H3. The first-order chi connectivity index (χ1) is 8.16. The van der Waals surface area contributed by atoms with Crippen molar-refractivity contribution in [3.8, 4) is 0 Å². The van der Waals surface area contributed by atoms with Gasteiger partial charge in [-0.25, -0.2) is 0 Å². The zero-order chi connectivity index (χ0) is 12.9. The fourth-order valence-corrected chi connectivity index (χ4v) is 1.31. The lowest BCUT2D eigenvalue weighted by Gasteiger charge is -2.13. The first-order valence-corrected chi connectivity index (χ1v) is 6.68. The maximum absolute atomic E-state index is 5.57. The Labute approximate surface area is 106 Å². The molecule has 0 saturated carbocycles. The third-order valence-corrected chi connectivity index (χ3v) is 2.19. The minimum atomic E-state index is 0.182. The van der Waals surface area contributed by atoms with Gasteiger partial charge in [0.1, 0.15) is 0 Å². The Bertz CT molecular complexity index is 154. The van der Waals surface area contributed by atoms with E-state index in [-0.39, 0.29) is 6.10 Å². The summed E-state index contributed by atoms with van der Waals surface area (Å²) in [5.41, 5.74) is 0. The average molecular weight is 247 g/mol. The van der Waals surface area contributed by atoms with Gasteiger partial charge in [-0.15, -0.1) is 0 Å². The van der Waals surface area contributed by atoms with Crippen LogP contribution in [0.25, 0.3) is 0 Å². The number of ether oxygens (including phenoxy) is 3. The third-order valence-electron chi connectivity index (χ3n) is 2.19. The quantitative estimate of drug-likeness (QED) is 0.534. The lowest BCUT2D eigenvalue weighted by Crippen LogP contribution is -2.25. The van der Waals surface area contributed by atoms with Crippen LogP contribution in [0.2, 0.25) is 0 Å². The Morgan fingerprint density at radius 2 is 1.76 bits per heavy atom. The largest absolute Gasteiger partial charge is 0.379 e. The predicted molar refractivity (Wildman–Crippen MR) is 70.5 cm³/mol. The number of rotatable bonds is 12. The maximum Gasteiger partial charge on any atom is 0.0781 e. The molecule has 104 valence electrons. The van der Waals surface area contributed by atoms with Crippen LogP contribution in [0.15, 0.2) is 0 Å². The highest BCUT2D eigenvalue weighted by atomic mass is 16.5. The van der Waals surface area contributed by atoms with Gasteiger partial charge in [-0.3, -0.25) is 0 Å². The molecule has 1 atom stereocenters. The van der Waals surface area contributed by atoms with E-state index in [1.807, 2.05) is 13.8 Å². The van der Waals surface area contributed by atoms with Crippen molar-refractivity contribution in [1.29, 1.82) is 0 Å². The first kappa shape index (κ1) is 16.8. The van der Waals surface area contributed by atoms with Gasteiger partial charge in [0.25, 0.3) is 0 Å². The van der Waals surface area contributed by atoms with Gasteiger partial charge in [-0.05, 0) is 40.7 Å². The predicted octanol–water partition coefficient (Wildman–Crippen LogP) is 1.83. The SMILES string of the molecule is CCOCC(C)OCCNCCCOC(C)C. The minimum Gasteiger partial charge on any atom is -0.379 e. The molecule has 0 rings (SSSR count). The van der Waals surface area contributed by atoms with E-state index < -0.39 is 0 Å². The Balaban J connectivity index is 3.07. The van der Waals surface area contributed by atoms with Crippen molar-refractivity contribution < 1.29 is 14.2 Å². The lowest BCUT2D eigenvalue weighted by atomic mass is 10.4. The fourth-order valence-electron chi connectivity index (χ4n) is 1.31. The summed E-state index contributed by atoms with van der Waals surface area (Å²) in [7, 11) is 0. The molecule has 0 radical (unpaired) electrons. The van der Waals surface area contributed by atoms with E-state index in [9.17, 15) is 0 Å². The van der Waals surface area contributed by atoms with Crippen molar-refractivity contribution in [1.82, 2.24) is 5.32 Å². The van der Waals surface area contributed by atoms with Crippen LogP contribution in [0.3, 0.4) is 0 Å². The smallest absolute Gasteiger partial charge is 0.0781 e. The van der Waals surface area contributed by atoms with E-state index in [0.717, 1.165) is 39.3 Å². The highest BCUT2D eigenvalue weighted by molar-refractivity contribution is 4.51.